The smallest absolute Gasteiger partial charge is 0.186 e. The number of nitrogen functional groups attached to an aromatic ring is 1. The zero-order valence-corrected chi connectivity index (χ0v) is 28.6. The third-order valence-electron chi connectivity index (χ3n) is 10.7. The van der Waals surface area contributed by atoms with Crippen LogP contribution in [-0.4, -0.2) is 77.0 Å². The number of aryl methyl sites for hydroxylation is 2. The highest BCUT2D eigenvalue weighted by molar-refractivity contribution is 7.16. The number of aromatic nitrogens is 7. The summed E-state index contributed by atoms with van der Waals surface area (Å²) in [5.41, 5.74) is 11.2. The van der Waals surface area contributed by atoms with E-state index in [0.717, 1.165) is 85.9 Å². The molecular weight excluding hydrogens is 627 g/mol. The highest BCUT2D eigenvalue weighted by atomic mass is 32.1. The Kier molecular flexibility index (Phi) is 7.54. The minimum atomic E-state index is -0.606. The number of likely N-dealkylation sites (tertiary alicyclic amines) is 1. The van der Waals surface area contributed by atoms with Gasteiger partial charge in [-0.25, -0.2) is 14.6 Å². The summed E-state index contributed by atoms with van der Waals surface area (Å²) in [4.78, 5) is 13.9. The summed E-state index contributed by atoms with van der Waals surface area (Å²) in [6.07, 6.45) is 8.85. The molecule has 48 heavy (non-hydrogen) atoms. The van der Waals surface area contributed by atoms with Gasteiger partial charge in [-0.15, -0.1) is 11.3 Å². The van der Waals surface area contributed by atoms with Crippen molar-refractivity contribution in [3.05, 3.63) is 39.6 Å². The van der Waals surface area contributed by atoms with Gasteiger partial charge in [-0.05, 0) is 90.4 Å². The number of hydrogen-bond acceptors (Lipinski definition) is 12. The fraction of sp³-hybridized carbons (Fsp3) is 0.529. The van der Waals surface area contributed by atoms with Crippen molar-refractivity contribution in [2.24, 2.45) is 7.05 Å². The fourth-order valence-corrected chi connectivity index (χ4v) is 9.61. The Morgan fingerprint density at radius 3 is 2.69 bits per heavy atom. The van der Waals surface area contributed by atoms with Gasteiger partial charge < -0.3 is 25.6 Å². The number of nitrogens with one attached hydrogen (secondary N) is 1. The number of hydrogen-bond donors (Lipinski definition) is 3. The number of likely N-dealkylation sites (N-methyl/N-ethyl adjacent to an activating group) is 1. The Labute approximate surface area is 282 Å². The lowest BCUT2D eigenvalue weighted by molar-refractivity contribution is 0.208. The molecule has 0 saturated carbocycles. The molecule has 0 radical (unpaired) electrons. The Hall–Kier alpha value is -4.32. The van der Waals surface area contributed by atoms with Crippen LogP contribution in [0.2, 0.25) is 0 Å². The number of nitrogens with zero attached hydrogens (tertiary/aromatic N) is 9. The van der Waals surface area contributed by atoms with E-state index in [1.807, 2.05) is 24.0 Å². The number of nitriles is 1. The van der Waals surface area contributed by atoms with E-state index in [-0.39, 0.29) is 6.04 Å². The zero-order valence-electron chi connectivity index (χ0n) is 27.8. The highest BCUT2D eigenvalue weighted by Gasteiger charge is 2.49. The van der Waals surface area contributed by atoms with Crippen LogP contribution in [0.25, 0.3) is 33.9 Å². The standard InChI is InChI=1S/C34H41N11O2S/c1-18(46)17-37-31-25-28(22-11-15-44(4)40-22)41-45(19(2)23-9-7-14-43(23)3)33(25)39-32(38-31)27-20-8-5-12-34(29(20)47-42-27)13-6-10-24-26(34)21(16-35)30(36)48-24/h11,15,18-19,23,46H,5-10,12-14,17,36H2,1-4H3,(H,37,38,39)/t18-,19-,23-,34-/m0/s1. The maximum Gasteiger partial charge on any atom is 0.186 e. The van der Waals surface area contributed by atoms with E-state index >= 15 is 0 Å². The third kappa shape index (κ3) is 4.74. The first kappa shape index (κ1) is 31.0. The number of rotatable bonds is 7. The highest BCUT2D eigenvalue weighted by Crippen LogP contribution is 2.55. The molecule has 1 aliphatic heterocycles. The number of aliphatic hydroxyl groups is 1. The normalized spacial score (nSPS) is 22.1. The average molecular weight is 668 g/mol. The van der Waals surface area contributed by atoms with Crippen LogP contribution in [0.15, 0.2) is 16.8 Å². The summed E-state index contributed by atoms with van der Waals surface area (Å²) < 4.78 is 10.1. The molecule has 3 aliphatic rings. The second-order valence-electron chi connectivity index (χ2n) is 13.8. The van der Waals surface area contributed by atoms with Gasteiger partial charge >= 0.3 is 0 Å². The van der Waals surface area contributed by atoms with Crippen molar-refractivity contribution in [1.29, 1.82) is 5.26 Å². The van der Waals surface area contributed by atoms with E-state index in [1.54, 1.807) is 11.6 Å². The van der Waals surface area contributed by atoms with Crippen LogP contribution in [0.4, 0.5) is 10.8 Å². The molecule has 250 valence electrons. The van der Waals surface area contributed by atoms with Crippen LogP contribution >= 0.6 is 11.3 Å². The maximum absolute atomic E-state index is 10.3. The van der Waals surface area contributed by atoms with Crippen LogP contribution in [0.5, 0.6) is 0 Å². The molecule has 0 amide bonds. The predicted molar refractivity (Wildman–Crippen MR) is 184 cm³/mol. The fourth-order valence-electron chi connectivity index (χ4n) is 8.45. The topological polar surface area (TPSA) is 173 Å². The first-order chi connectivity index (χ1) is 23.2. The molecule has 0 bridgehead atoms. The van der Waals surface area contributed by atoms with E-state index in [4.69, 9.17) is 30.4 Å². The van der Waals surface area contributed by atoms with Crippen molar-refractivity contribution in [3.8, 4) is 29.0 Å². The lowest BCUT2D eigenvalue weighted by atomic mass is 9.63. The molecule has 1 spiro atoms. The summed E-state index contributed by atoms with van der Waals surface area (Å²) in [5.74, 6) is 1.82. The van der Waals surface area contributed by atoms with Crippen molar-refractivity contribution in [2.45, 2.75) is 88.8 Å². The van der Waals surface area contributed by atoms with E-state index in [9.17, 15) is 10.4 Å². The van der Waals surface area contributed by atoms with Gasteiger partial charge in [-0.2, -0.15) is 15.5 Å². The third-order valence-corrected chi connectivity index (χ3v) is 11.7. The molecule has 2 aliphatic carbocycles. The van der Waals surface area contributed by atoms with Crippen molar-refractivity contribution in [2.75, 3.05) is 31.2 Å². The summed E-state index contributed by atoms with van der Waals surface area (Å²) in [5, 5.41) is 39.8. The SMILES string of the molecule is C[C@H](O)CNc1nc(-c2noc3c2CCC[C@@]32CCCc3sc(N)c(C#N)c32)nc2c1c(-c1ccn(C)n1)nn2[C@@H](C)[C@@H]1CCCN1C. The maximum atomic E-state index is 10.3. The number of aliphatic hydroxyl groups excluding tert-OH is 1. The Morgan fingerprint density at radius 2 is 1.98 bits per heavy atom. The molecule has 14 heteroatoms. The monoisotopic (exact) mass is 667 g/mol. The van der Waals surface area contributed by atoms with Gasteiger partial charge in [0.2, 0.25) is 0 Å². The molecule has 1 saturated heterocycles. The molecule has 8 rings (SSSR count). The predicted octanol–water partition coefficient (Wildman–Crippen LogP) is 4.80. The van der Waals surface area contributed by atoms with Gasteiger partial charge in [0.25, 0.3) is 0 Å². The van der Waals surface area contributed by atoms with Crippen LogP contribution in [-0.2, 0) is 25.3 Å². The van der Waals surface area contributed by atoms with Gasteiger partial charge in [0.1, 0.15) is 28.3 Å². The molecule has 13 nitrogen and oxygen atoms in total. The minimum absolute atomic E-state index is 0.0217. The lowest BCUT2D eigenvalue weighted by Crippen LogP contribution is -2.35. The van der Waals surface area contributed by atoms with E-state index < -0.39 is 11.5 Å². The second kappa shape index (κ2) is 11.7. The van der Waals surface area contributed by atoms with Crippen molar-refractivity contribution in [1.82, 2.24) is 39.6 Å². The number of anilines is 2. The molecule has 5 aromatic rings. The van der Waals surface area contributed by atoms with Crippen molar-refractivity contribution in [3.63, 3.8) is 0 Å². The van der Waals surface area contributed by atoms with Crippen LogP contribution in [0.3, 0.4) is 0 Å². The molecule has 4 atom stereocenters. The van der Waals surface area contributed by atoms with Gasteiger partial charge in [-0.1, -0.05) is 5.16 Å². The molecule has 0 unspecified atom stereocenters. The zero-order chi connectivity index (χ0) is 33.3. The first-order valence-corrected chi connectivity index (χ1v) is 17.8. The van der Waals surface area contributed by atoms with Crippen molar-refractivity contribution < 1.29 is 9.63 Å². The molecule has 5 aromatic heterocycles. The van der Waals surface area contributed by atoms with E-state index in [1.165, 1.54) is 16.2 Å². The van der Waals surface area contributed by atoms with Gasteiger partial charge in [0, 0.05) is 36.3 Å². The van der Waals surface area contributed by atoms with E-state index in [0.29, 0.717) is 51.8 Å². The van der Waals surface area contributed by atoms with Crippen LogP contribution in [0.1, 0.15) is 85.7 Å². The van der Waals surface area contributed by atoms with Crippen molar-refractivity contribution >= 4 is 33.2 Å². The largest absolute Gasteiger partial charge is 0.392 e. The summed E-state index contributed by atoms with van der Waals surface area (Å²) in [6.45, 7) is 5.28. The van der Waals surface area contributed by atoms with E-state index in [2.05, 4.69) is 35.4 Å². The molecule has 0 aromatic carbocycles. The molecule has 1 fully saturated rings. The number of thiophene rings is 1. The Bertz CT molecular complexity index is 2060. The van der Waals surface area contributed by atoms with Crippen LogP contribution in [0, 0.1) is 11.3 Å². The average Bonchev–Trinajstić information content (AvgIpc) is 3.90. The Balaban J connectivity index is 1.34. The molecule has 6 heterocycles. The summed E-state index contributed by atoms with van der Waals surface area (Å²) >= 11 is 1.53. The van der Waals surface area contributed by atoms with Gasteiger partial charge in [-0.3, -0.25) is 4.68 Å². The minimum Gasteiger partial charge on any atom is -0.392 e. The quantitative estimate of drug-likeness (QED) is 0.218. The summed E-state index contributed by atoms with van der Waals surface area (Å²) in [6, 6.07) is 4.67. The lowest BCUT2D eigenvalue weighted by Gasteiger charge is -2.39. The van der Waals surface area contributed by atoms with Gasteiger partial charge in [0.15, 0.2) is 22.9 Å². The van der Waals surface area contributed by atoms with Crippen LogP contribution < -0.4 is 11.1 Å². The second-order valence-corrected chi connectivity index (χ2v) is 14.9. The number of fused-ring (bicyclic) bond motifs is 5. The Morgan fingerprint density at radius 1 is 1.17 bits per heavy atom. The molecular formula is C34H41N11O2S. The first-order valence-electron chi connectivity index (χ1n) is 16.9. The van der Waals surface area contributed by atoms with Gasteiger partial charge in [0.05, 0.1) is 28.5 Å². The number of nitrogens with two attached hydrogens (primary N) is 1. The molecule has 4 N–H and O–H groups in total. The summed E-state index contributed by atoms with van der Waals surface area (Å²) in [7, 11) is 4.06.